The molecule has 41 heavy (non-hydrogen) atoms. The summed E-state index contributed by atoms with van der Waals surface area (Å²) < 4.78 is 41.2. The van der Waals surface area contributed by atoms with Crippen LogP contribution in [0.5, 0.6) is 0 Å². The van der Waals surface area contributed by atoms with E-state index >= 15 is 0 Å². The molecule has 3 aromatic carbocycles. The average molecular weight is 576 g/mol. The Balaban J connectivity index is 1.75. The minimum absolute atomic E-state index is 0.0493. The summed E-state index contributed by atoms with van der Waals surface area (Å²) >= 11 is 0. The minimum atomic E-state index is -3.98. The molecule has 0 radical (unpaired) electrons. The van der Waals surface area contributed by atoms with Gasteiger partial charge in [-0.1, -0.05) is 23.8 Å². The van der Waals surface area contributed by atoms with Crippen molar-refractivity contribution in [3.8, 4) is 5.69 Å². The summed E-state index contributed by atoms with van der Waals surface area (Å²) in [5.74, 6) is -1.23. The van der Waals surface area contributed by atoms with Crippen LogP contribution in [0.25, 0.3) is 5.69 Å². The molecule has 2 atom stereocenters. The first-order valence-electron chi connectivity index (χ1n) is 13.0. The fraction of sp³-hybridized carbons (Fsp3) is 0.258. The largest absolute Gasteiger partial charge is 0.465 e. The smallest absolute Gasteiger partial charge is 0.337 e. The second-order valence-electron chi connectivity index (χ2n) is 10.00. The third-order valence-electron chi connectivity index (χ3n) is 6.88. The predicted octanol–water partition coefficient (Wildman–Crippen LogP) is 4.89. The Labute approximate surface area is 240 Å². The number of carbonyl (C=O) groups excluding carboxylic acids is 2. The zero-order valence-corrected chi connectivity index (χ0v) is 24.7. The van der Waals surface area contributed by atoms with Gasteiger partial charge in [0.1, 0.15) is 6.04 Å². The van der Waals surface area contributed by atoms with E-state index in [1.807, 2.05) is 50.5 Å². The molecule has 9 nitrogen and oxygen atoms in total. The lowest BCUT2D eigenvalue weighted by Crippen LogP contribution is -2.40. The molecule has 214 valence electrons. The summed E-state index contributed by atoms with van der Waals surface area (Å²) in [4.78, 5) is 29.9. The standard InChI is InChI=1S/C31H33N3O6S/c1-19-7-11-26(12-8-19)41(37,38)33-23(5)30(35)40-29(28-21(3)15-24(16-22(28)4)31(36)39-6)27-17-25(10-9-20(27)2)34-14-13-32-18-34/h7-18,23,29,33H,1-6H3/t23-,29-/m0/s1. The van der Waals surface area contributed by atoms with Gasteiger partial charge >= 0.3 is 11.9 Å². The third-order valence-corrected chi connectivity index (χ3v) is 8.43. The van der Waals surface area contributed by atoms with Crippen molar-refractivity contribution in [3.63, 3.8) is 0 Å². The molecule has 1 heterocycles. The van der Waals surface area contributed by atoms with Crippen LogP contribution in [0.3, 0.4) is 0 Å². The van der Waals surface area contributed by atoms with Crippen LogP contribution in [-0.4, -0.2) is 43.1 Å². The molecule has 10 heteroatoms. The number of nitrogens with one attached hydrogen (secondary N) is 1. The second kappa shape index (κ2) is 12.1. The molecule has 1 N–H and O–H groups in total. The number of rotatable bonds is 9. The van der Waals surface area contributed by atoms with Crippen molar-refractivity contribution in [1.82, 2.24) is 14.3 Å². The topological polar surface area (TPSA) is 117 Å². The van der Waals surface area contributed by atoms with Gasteiger partial charge in [-0.05, 0) is 87.7 Å². The SMILES string of the molecule is COC(=O)c1cc(C)c([C@@H](OC(=O)[C@H](C)NS(=O)(=O)c2ccc(C)cc2)c2cc(-n3ccnc3)ccc2C)c(C)c1. The van der Waals surface area contributed by atoms with E-state index in [1.54, 1.807) is 43.0 Å². The number of methoxy groups -OCH3 is 1. The van der Waals surface area contributed by atoms with E-state index in [0.717, 1.165) is 16.8 Å². The molecule has 0 aliphatic heterocycles. The van der Waals surface area contributed by atoms with Crippen LogP contribution in [-0.2, 0) is 24.3 Å². The highest BCUT2D eigenvalue weighted by molar-refractivity contribution is 7.89. The molecule has 4 aromatic rings. The summed E-state index contributed by atoms with van der Waals surface area (Å²) in [6.07, 6.45) is 4.24. The van der Waals surface area contributed by atoms with E-state index in [1.165, 1.54) is 26.2 Å². The summed E-state index contributed by atoms with van der Waals surface area (Å²) in [6.45, 7) is 8.86. The van der Waals surface area contributed by atoms with Gasteiger partial charge in [-0.3, -0.25) is 4.79 Å². The first-order valence-corrected chi connectivity index (χ1v) is 14.5. The molecule has 0 amide bonds. The zero-order valence-electron chi connectivity index (χ0n) is 23.8. The monoisotopic (exact) mass is 575 g/mol. The van der Waals surface area contributed by atoms with Gasteiger partial charge in [0.15, 0.2) is 6.10 Å². The number of hydrogen-bond donors (Lipinski definition) is 1. The van der Waals surface area contributed by atoms with E-state index in [2.05, 4.69) is 9.71 Å². The number of aryl methyl sites for hydroxylation is 4. The first-order chi connectivity index (χ1) is 19.4. The van der Waals surface area contributed by atoms with Crippen molar-refractivity contribution in [1.29, 1.82) is 0 Å². The Bertz CT molecular complexity index is 1660. The number of nitrogens with zero attached hydrogens (tertiary/aromatic N) is 2. The van der Waals surface area contributed by atoms with Crippen LogP contribution in [0.1, 0.15) is 56.8 Å². The van der Waals surface area contributed by atoms with Crippen LogP contribution in [0.2, 0.25) is 0 Å². The summed E-state index contributed by atoms with van der Waals surface area (Å²) in [5.41, 5.74) is 5.76. The summed E-state index contributed by atoms with van der Waals surface area (Å²) in [6, 6.07) is 14.3. The number of aromatic nitrogens is 2. The second-order valence-corrected chi connectivity index (χ2v) is 11.7. The van der Waals surface area contributed by atoms with Crippen LogP contribution >= 0.6 is 0 Å². The third kappa shape index (κ3) is 6.55. The van der Waals surface area contributed by atoms with E-state index in [4.69, 9.17) is 9.47 Å². The van der Waals surface area contributed by atoms with E-state index in [9.17, 15) is 18.0 Å². The zero-order chi connectivity index (χ0) is 29.9. The number of esters is 2. The van der Waals surface area contributed by atoms with Crippen molar-refractivity contribution >= 4 is 22.0 Å². The molecule has 0 unspecified atom stereocenters. The number of hydrogen-bond acceptors (Lipinski definition) is 7. The Kier molecular flexibility index (Phi) is 8.74. The Hall–Kier alpha value is -4.28. The van der Waals surface area contributed by atoms with Gasteiger partial charge in [-0.25, -0.2) is 18.2 Å². The molecule has 0 spiro atoms. The molecule has 0 saturated carbocycles. The van der Waals surface area contributed by atoms with Gasteiger partial charge in [0.2, 0.25) is 10.0 Å². The maximum atomic E-state index is 13.5. The van der Waals surface area contributed by atoms with E-state index in [0.29, 0.717) is 27.8 Å². The Morgan fingerprint density at radius 3 is 2.17 bits per heavy atom. The van der Waals surface area contributed by atoms with Gasteiger partial charge in [0.05, 0.1) is 23.9 Å². The van der Waals surface area contributed by atoms with Crippen molar-refractivity contribution in [2.75, 3.05) is 7.11 Å². The van der Waals surface area contributed by atoms with Gasteiger partial charge in [0, 0.05) is 29.2 Å². The lowest BCUT2D eigenvalue weighted by atomic mass is 9.89. The van der Waals surface area contributed by atoms with Crippen LogP contribution in [0, 0.1) is 27.7 Å². The average Bonchev–Trinajstić information content (AvgIpc) is 3.47. The highest BCUT2D eigenvalue weighted by atomic mass is 32.2. The summed E-state index contributed by atoms with van der Waals surface area (Å²) in [7, 11) is -2.66. The molecule has 0 saturated heterocycles. The van der Waals surface area contributed by atoms with Crippen molar-refractivity contribution in [2.24, 2.45) is 0 Å². The molecule has 0 aliphatic rings. The van der Waals surface area contributed by atoms with Crippen LogP contribution in [0.4, 0.5) is 0 Å². The molecular formula is C31H33N3O6S. The highest BCUT2D eigenvalue weighted by Gasteiger charge is 2.30. The highest BCUT2D eigenvalue weighted by Crippen LogP contribution is 2.35. The maximum absolute atomic E-state index is 13.5. The first kappa shape index (κ1) is 29.7. The molecule has 0 fully saturated rings. The molecule has 4 rings (SSSR count). The maximum Gasteiger partial charge on any atom is 0.337 e. The van der Waals surface area contributed by atoms with Crippen molar-refractivity contribution < 1.29 is 27.5 Å². The normalized spacial score (nSPS) is 12.9. The molecule has 1 aromatic heterocycles. The summed E-state index contributed by atoms with van der Waals surface area (Å²) in [5, 5.41) is 0. The molecular weight excluding hydrogens is 542 g/mol. The fourth-order valence-corrected chi connectivity index (χ4v) is 5.86. The fourth-order valence-electron chi connectivity index (χ4n) is 4.67. The number of benzene rings is 3. The van der Waals surface area contributed by atoms with Crippen LogP contribution in [0.15, 0.2) is 78.2 Å². The van der Waals surface area contributed by atoms with Gasteiger partial charge in [0.25, 0.3) is 0 Å². The minimum Gasteiger partial charge on any atom is -0.465 e. The van der Waals surface area contributed by atoms with E-state index < -0.39 is 34.1 Å². The van der Waals surface area contributed by atoms with Gasteiger partial charge in [-0.15, -0.1) is 0 Å². The lowest BCUT2D eigenvalue weighted by Gasteiger charge is -2.26. The number of imidazole rings is 1. The van der Waals surface area contributed by atoms with Crippen molar-refractivity contribution in [3.05, 3.63) is 112 Å². The number of carbonyl (C=O) groups is 2. The molecule has 0 bridgehead atoms. The van der Waals surface area contributed by atoms with E-state index in [-0.39, 0.29) is 4.90 Å². The lowest BCUT2D eigenvalue weighted by molar-refractivity contribution is -0.149. The Morgan fingerprint density at radius 2 is 1.59 bits per heavy atom. The van der Waals surface area contributed by atoms with Gasteiger partial charge < -0.3 is 14.0 Å². The van der Waals surface area contributed by atoms with Crippen molar-refractivity contribution in [2.45, 2.75) is 51.7 Å². The number of sulfonamides is 1. The number of ether oxygens (including phenoxy) is 2. The predicted molar refractivity (Wildman–Crippen MR) is 154 cm³/mol. The molecule has 0 aliphatic carbocycles. The van der Waals surface area contributed by atoms with Crippen LogP contribution < -0.4 is 4.72 Å². The quantitative estimate of drug-likeness (QED) is 0.283. The Morgan fingerprint density at radius 1 is 0.927 bits per heavy atom. The van der Waals surface area contributed by atoms with Gasteiger partial charge in [-0.2, -0.15) is 4.72 Å².